The van der Waals surface area contributed by atoms with Crippen LogP contribution in [0.25, 0.3) is 11.4 Å². The highest BCUT2D eigenvalue weighted by Gasteiger charge is 2.25. The molecule has 3 aromatic rings. The van der Waals surface area contributed by atoms with Crippen LogP contribution in [0.1, 0.15) is 41.4 Å². The summed E-state index contributed by atoms with van der Waals surface area (Å²) in [6.07, 6.45) is 4.88. The van der Waals surface area contributed by atoms with Crippen molar-refractivity contribution in [1.82, 2.24) is 15.1 Å². The largest absolute Gasteiger partial charge is 0.339 e. The van der Waals surface area contributed by atoms with Gasteiger partial charge >= 0.3 is 0 Å². The molecule has 2 heterocycles. The number of nitrogens with one attached hydrogen (secondary N) is 1. The normalized spacial score (nSPS) is 14.1. The fraction of sp³-hybridized carbons (Fsp3) is 0.222. The molecule has 1 aliphatic carbocycles. The van der Waals surface area contributed by atoms with Crippen LogP contribution in [0.5, 0.6) is 0 Å². The Morgan fingerprint density at radius 2 is 2.12 bits per heavy atom. The molecule has 6 nitrogen and oxygen atoms in total. The molecule has 0 atom stereocenters. The van der Waals surface area contributed by atoms with Crippen molar-refractivity contribution in [3.8, 4) is 11.4 Å². The highest BCUT2D eigenvalue weighted by molar-refractivity contribution is 6.30. The number of nitrogens with zero attached hydrogens (tertiary/aromatic N) is 3. The van der Waals surface area contributed by atoms with Crippen LogP contribution >= 0.6 is 11.6 Å². The number of rotatable bonds is 4. The van der Waals surface area contributed by atoms with E-state index in [1.54, 1.807) is 30.3 Å². The van der Waals surface area contributed by atoms with Crippen molar-refractivity contribution in [1.29, 1.82) is 0 Å². The van der Waals surface area contributed by atoms with Crippen molar-refractivity contribution in [3.63, 3.8) is 0 Å². The van der Waals surface area contributed by atoms with Crippen molar-refractivity contribution >= 4 is 23.3 Å². The van der Waals surface area contributed by atoms with E-state index in [1.165, 1.54) is 12.6 Å². The van der Waals surface area contributed by atoms with E-state index in [0.717, 1.165) is 18.4 Å². The second-order valence-electron chi connectivity index (χ2n) is 5.98. The van der Waals surface area contributed by atoms with Crippen LogP contribution in [0.3, 0.4) is 0 Å². The van der Waals surface area contributed by atoms with E-state index >= 15 is 0 Å². The summed E-state index contributed by atoms with van der Waals surface area (Å²) in [6, 6.07) is 10.4. The van der Waals surface area contributed by atoms with Crippen LogP contribution in [0.2, 0.25) is 5.02 Å². The third-order valence-corrected chi connectivity index (χ3v) is 4.47. The lowest BCUT2D eigenvalue weighted by Gasteiger charge is -2.20. The second kappa shape index (κ2) is 6.64. The smallest absolute Gasteiger partial charge is 0.256 e. The number of aromatic nitrogens is 3. The molecular formula is C18H15ClN4O2. The summed E-state index contributed by atoms with van der Waals surface area (Å²) in [5, 5.41) is 7.28. The third-order valence-electron chi connectivity index (χ3n) is 4.25. The zero-order valence-electron chi connectivity index (χ0n) is 13.3. The summed E-state index contributed by atoms with van der Waals surface area (Å²) in [4.78, 5) is 20.9. The molecule has 1 fully saturated rings. The minimum absolute atomic E-state index is 0.264. The van der Waals surface area contributed by atoms with Gasteiger partial charge in [0.05, 0.1) is 5.02 Å². The van der Waals surface area contributed by atoms with Crippen molar-refractivity contribution in [2.75, 3.05) is 5.32 Å². The first-order valence-corrected chi connectivity index (χ1v) is 8.44. The fourth-order valence-electron chi connectivity index (χ4n) is 2.61. The molecule has 126 valence electrons. The molecule has 1 amide bonds. The Bertz CT molecular complexity index is 903. The summed E-state index contributed by atoms with van der Waals surface area (Å²) in [6.45, 7) is 0. The number of carbonyl (C=O) groups excluding carboxylic acids is 1. The number of hydrogen-bond acceptors (Lipinski definition) is 5. The number of amides is 1. The standard InChI is InChI=1S/C18H15ClN4O2/c19-14-7-8-15(20-10-14)21-17(24)13-6-2-5-12(9-13)16-22-18(25-23-16)11-3-1-4-11/h2,5-11H,1,3-4H2,(H,20,21,24). The van der Waals surface area contributed by atoms with Crippen LogP contribution < -0.4 is 5.32 Å². The molecule has 1 saturated carbocycles. The Morgan fingerprint density at radius 3 is 2.84 bits per heavy atom. The topological polar surface area (TPSA) is 80.9 Å². The zero-order valence-corrected chi connectivity index (χ0v) is 14.0. The first kappa shape index (κ1) is 15.8. The van der Waals surface area contributed by atoms with Crippen molar-refractivity contribution in [3.05, 3.63) is 59.1 Å². The van der Waals surface area contributed by atoms with Crippen LogP contribution in [0.15, 0.2) is 47.1 Å². The number of anilines is 1. The Labute approximate surface area is 149 Å². The molecule has 2 aromatic heterocycles. The lowest BCUT2D eigenvalue weighted by molar-refractivity contribution is 0.102. The van der Waals surface area contributed by atoms with Crippen LogP contribution in [0, 0.1) is 0 Å². The van der Waals surface area contributed by atoms with Gasteiger partial charge in [0.25, 0.3) is 5.91 Å². The summed E-state index contributed by atoms with van der Waals surface area (Å²) >= 11 is 5.79. The van der Waals surface area contributed by atoms with E-state index in [9.17, 15) is 4.79 Å². The highest BCUT2D eigenvalue weighted by Crippen LogP contribution is 2.36. The molecule has 0 bridgehead atoms. The van der Waals surface area contributed by atoms with Crippen molar-refractivity contribution in [2.24, 2.45) is 0 Å². The summed E-state index contributed by atoms with van der Waals surface area (Å²) in [5.41, 5.74) is 1.23. The van der Waals surface area contributed by atoms with Gasteiger partial charge in [0, 0.05) is 23.2 Å². The Kier molecular flexibility index (Phi) is 4.19. The monoisotopic (exact) mass is 354 g/mol. The van der Waals surface area contributed by atoms with Crippen molar-refractivity contribution in [2.45, 2.75) is 25.2 Å². The van der Waals surface area contributed by atoms with Gasteiger partial charge in [-0.25, -0.2) is 4.98 Å². The molecule has 1 aromatic carbocycles. The van der Waals surface area contributed by atoms with Gasteiger partial charge in [0.2, 0.25) is 11.7 Å². The van der Waals surface area contributed by atoms with Gasteiger partial charge in [0.15, 0.2) is 0 Å². The maximum absolute atomic E-state index is 12.4. The van der Waals surface area contributed by atoms with E-state index in [4.69, 9.17) is 16.1 Å². The lowest BCUT2D eigenvalue weighted by Crippen LogP contribution is -2.12. The SMILES string of the molecule is O=C(Nc1ccc(Cl)cn1)c1cccc(-c2noc(C3CCC3)n2)c1. The van der Waals surface area contributed by atoms with Gasteiger partial charge in [-0.3, -0.25) is 4.79 Å². The van der Waals surface area contributed by atoms with E-state index in [2.05, 4.69) is 20.4 Å². The number of halogens is 1. The molecule has 0 unspecified atom stereocenters. The maximum Gasteiger partial charge on any atom is 0.256 e. The third kappa shape index (κ3) is 3.39. The zero-order chi connectivity index (χ0) is 17.2. The molecule has 7 heteroatoms. The first-order valence-electron chi connectivity index (χ1n) is 8.06. The quantitative estimate of drug-likeness (QED) is 0.755. The molecule has 0 spiro atoms. The van der Waals surface area contributed by atoms with Crippen LogP contribution in [-0.2, 0) is 0 Å². The van der Waals surface area contributed by atoms with Crippen LogP contribution in [-0.4, -0.2) is 21.0 Å². The summed E-state index contributed by atoms with van der Waals surface area (Å²) < 4.78 is 5.35. The predicted molar refractivity (Wildman–Crippen MR) is 93.5 cm³/mol. The van der Waals surface area contributed by atoms with Gasteiger partial charge in [-0.15, -0.1) is 0 Å². The minimum Gasteiger partial charge on any atom is -0.339 e. The van der Waals surface area contributed by atoms with Gasteiger partial charge in [-0.1, -0.05) is 35.3 Å². The highest BCUT2D eigenvalue weighted by atomic mass is 35.5. The maximum atomic E-state index is 12.4. The second-order valence-corrected chi connectivity index (χ2v) is 6.42. The number of pyridine rings is 1. The Balaban J connectivity index is 1.53. The van der Waals surface area contributed by atoms with Gasteiger partial charge in [-0.2, -0.15) is 4.98 Å². The van der Waals surface area contributed by atoms with E-state index in [-0.39, 0.29) is 5.91 Å². The van der Waals surface area contributed by atoms with E-state index in [1.807, 2.05) is 6.07 Å². The van der Waals surface area contributed by atoms with Crippen LogP contribution in [0.4, 0.5) is 5.82 Å². The Morgan fingerprint density at radius 1 is 1.24 bits per heavy atom. The molecule has 1 N–H and O–H groups in total. The molecule has 1 aliphatic rings. The molecule has 25 heavy (non-hydrogen) atoms. The summed E-state index contributed by atoms with van der Waals surface area (Å²) in [7, 11) is 0. The predicted octanol–water partition coefficient (Wildman–Crippen LogP) is 4.30. The van der Waals surface area contributed by atoms with Gasteiger partial charge < -0.3 is 9.84 Å². The van der Waals surface area contributed by atoms with Crippen molar-refractivity contribution < 1.29 is 9.32 Å². The molecule has 0 radical (unpaired) electrons. The summed E-state index contributed by atoms with van der Waals surface area (Å²) in [5.74, 6) is 1.73. The van der Waals surface area contributed by atoms with Gasteiger partial charge in [0.1, 0.15) is 5.82 Å². The average molecular weight is 355 g/mol. The average Bonchev–Trinajstić information content (AvgIpc) is 3.05. The molecule has 4 rings (SSSR count). The number of carbonyl (C=O) groups is 1. The number of benzene rings is 1. The van der Waals surface area contributed by atoms with E-state index < -0.39 is 0 Å². The Hall–Kier alpha value is -2.73. The van der Waals surface area contributed by atoms with E-state index in [0.29, 0.717) is 34.0 Å². The van der Waals surface area contributed by atoms with Gasteiger partial charge in [-0.05, 0) is 37.1 Å². The lowest BCUT2D eigenvalue weighted by atomic mass is 9.85. The first-order chi connectivity index (χ1) is 12.2. The molecular weight excluding hydrogens is 340 g/mol. The molecule has 0 aliphatic heterocycles. The minimum atomic E-state index is -0.264. The number of hydrogen-bond donors (Lipinski definition) is 1. The molecule has 0 saturated heterocycles. The fourth-order valence-corrected chi connectivity index (χ4v) is 2.72.